The second-order valence-electron chi connectivity index (χ2n) is 4.84. The van der Waals surface area contributed by atoms with Crippen molar-refractivity contribution in [3.63, 3.8) is 0 Å². The topological polar surface area (TPSA) is 68.2 Å². The summed E-state index contributed by atoms with van der Waals surface area (Å²) in [4.78, 5) is 0. The van der Waals surface area contributed by atoms with E-state index in [9.17, 15) is 13.2 Å². The molecule has 0 aliphatic heterocycles. The van der Waals surface area contributed by atoms with Crippen LogP contribution < -0.4 is 5.32 Å². The number of hydrogen-bond acceptors (Lipinski definition) is 5. The molecule has 0 amide bonds. The number of hydrogen-bond donors (Lipinski definition) is 1. The highest BCUT2D eigenvalue weighted by Gasteiger charge is 2.37. The third-order valence-corrected chi connectivity index (χ3v) is 3.00. The SMILES string of the molecule is CC(Cc1ccco1)Nc1ccc2nnc(C(F)(F)F)n2n1. The Balaban J connectivity index is 1.82. The maximum atomic E-state index is 12.8. The molecule has 3 heterocycles. The zero-order valence-corrected chi connectivity index (χ0v) is 11.5. The first-order chi connectivity index (χ1) is 10.4. The van der Waals surface area contributed by atoms with Gasteiger partial charge < -0.3 is 9.73 Å². The number of halogens is 3. The van der Waals surface area contributed by atoms with E-state index in [0.29, 0.717) is 16.8 Å². The molecule has 0 fully saturated rings. The van der Waals surface area contributed by atoms with E-state index in [1.807, 2.05) is 13.0 Å². The minimum absolute atomic E-state index is 0.0385. The van der Waals surface area contributed by atoms with E-state index < -0.39 is 12.0 Å². The lowest BCUT2D eigenvalue weighted by molar-refractivity contribution is -0.146. The lowest BCUT2D eigenvalue weighted by atomic mass is 10.2. The number of furan rings is 1. The Morgan fingerprint density at radius 2 is 2.09 bits per heavy atom. The Hall–Kier alpha value is -2.58. The number of aromatic nitrogens is 4. The maximum Gasteiger partial charge on any atom is 0.453 e. The highest BCUT2D eigenvalue weighted by atomic mass is 19.4. The first kappa shape index (κ1) is 14.4. The van der Waals surface area contributed by atoms with Crippen LogP contribution in [0.3, 0.4) is 0 Å². The van der Waals surface area contributed by atoms with E-state index in [4.69, 9.17) is 4.42 Å². The van der Waals surface area contributed by atoms with Crippen LogP contribution in [-0.2, 0) is 12.6 Å². The van der Waals surface area contributed by atoms with E-state index in [1.165, 1.54) is 6.07 Å². The summed E-state index contributed by atoms with van der Waals surface area (Å²) in [6.07, 6.45) is -2.45. The van der Waals surface area contributed by atoms with E-state index in [-0.39, 0.29) is 11.7 Å². The summed E-state index contributed by atoms with van der Waals surface area (Å²) in [6, 6.07) is 6.53. The molecule has 1 N–H and O–H groups in total. The largest absolute Gasteiger partial charge is 0.469 e. The van der Waals surface area contributed by atoms with Gasteiger partial charge in [-0.15, -0.1) is 15.3 Å². The number of alkyl halides is 3. The van der Waals surface area contributed by atoms with Gasteiger partial charge in [0.05, 0.1) is 6.26 Å². The number of fused-ring (bicyclic) bond motifs is 1. The van der Waals surface area contributed by atoms with Gasteiger partial charge >= 0.3 is 6.18 Å². The summed E-state index contributed by atoms with van der Waals surface area (Å²) in [5, 5.41) is 13.5. The van der Waals surface area contributed by atoms with Gasteiger partial charge in [-0.25, -0.2) is 0 Å². The molecule has 9 heteroatoms. The standard InChI is InChI=1S/C13H12F3N5O/c1-8(7-9-3-2-6-22-9)17-10-4-5-11-18-19-12(13(14,15)16)21(11)20-10/h2-6,8H,7H2,1H3,(H,17,20). The van der Waals surface area contributed by atoms with Gasteiger partial charge in [-0.2, -0.15) is 17.7 Å². The van der Waals surface area contributed by atoms with E-state index >= 15 is 0 Å². The van der Waals surface area contributed by atoms with Crippen molar-refractivity contribution in [1.82, 2.24) is 19.8 Å². The fourth-order valence-corrected chi connectivity index (χ4v) is 2.08. The van der Waals surface area contributed by atoms with Gasteiger partial charge in [0.25, 0.3) is 5.82 Å². The van der Waals surface area contributed by atoms with Crippen LogP contribution in [0.5, 0.6) is 0 Å². The molecule has 22 heavy (non-hydrogen) atoms. The van der Waals surface area contributed by atoms with Crippen molar-refractivity contribution in [3.05, 3.63) is 42.1 Å². The Bertz CT molecular complexity index is 766. The molecule has 3 rings (SSSR count). The molecule has 0 bridgehead atoms. The second-order valence-corrected chi connectivity index (χ2v) is 4.84. The van der Waals surface area contributed by atoms with Gasteiger partial charge in [0.15, 0.2) is 5.65 Å². The Kier molecular flexibility index (Phi) is 3.47. The van der Waals surface area contributed by atoms with Crippen molar-refractivity contribution < 1.29 is 17.6 Å². The molecule has 0 saturated heterocycles. The molecule has 0 radical (unpaired) electrons. The van der Waals surface area contributed by atoms with Crippen LogP contribution in [0.1, 0.15) is 18.5 Å². The van der Waals surface area contributed by atoms with Gasteiger partial charge in [0.1, 0.15) is 11.6 Å². The fraction of sp³-hybridized carbons (Fsp3) is 0.308. The highest BCUT2D eigenvalue weighted by Crippen LogP contribution is 2.27. The van der Waals surface area contributed by atoms with E-state index in [0.717, 1.165) is 5.76 Å². The number of nitrogens with one attached hydrogen (secondary N) is 1. The molecule has 3 aromatic rings. The van der Waals surface area contributed by atoms with Crippen LogP contribution in [-0.4, -0.2) is 25.9 Å². The van der Waals surface area contributed by atoms with Crippen molar-refractivity contribution in [2.75, 3.05) is 5.32 Å². The second kappa shape index (κ2) is 5.32. The van der Waals surface area contributed by atoms with Crippen molar-refractivity contribution in [1.29, 1.82) is 0 Å². The summed E-state index contributed by atoms with van der Waals surface area (Å²) >= 11 is 0. The molecule has 0 aromatic carbocycles. The molecule has 6 nitrogen and oxygen atoms in total. The molecule has 0 spiro atoms. The normalized spacial score (nSPS) is 13.5. The quantitative estimate of drug-likeness (QED) is 0.802. The first-order valence-electron chi connectivity index (χ1n) is 6.52. The predicted octanol–water partition coefficient (Wildman–Crippen LogP) is 2.78. The van der Waals surface area contributed by atoms with Crippen molar-refractivity contribution in [3.8, 4) is 0 Å². The number of rotatable bonds is 4. The smallest absolute Gasteiger partial charge is 0.453 e. The Labute approximate surface area is 123 Å². The highest BCUT2D eigenvalue weighted by molar-refractivity contribution is 5.44. The predicted molar refractivity (Wildman–Crippen MR) is 71.3 cm³/mol. The van der Waals surface area contributed by atoms with Gasteiger partial charge in [-0.3, -0.25) is 0 Å². The van der Waals surface area contributed by atoms with Crippen LogP contribution in [0.25, 0.3) is 5.65 Å². The van der Waals surface area contributed by atoms with Crippen LogP contribution in [0, 0.1) is 0 Å². The third kappa shape index (κ3) is 2.87. The zero-order valence-electron chi connectivity index (χ0n) is 11.5. The summed E-state index contributed by atoms with van der Waals surface area (Å²) < 4.78 is 44.3. The molecule has 0 saturated carbocycles. The van der Waals surface area contributed by atoms with Crippen LogP contribution in [0.2, 0.25) is 0 Å². The average Bonchev–Trinajstić information content (AvgIpc) is 3.06. The van der Waals surface area contributed by atoms with Crippen LogP contribution in [0.4, 0.5) is 19.0 Å². The van der Waals surface area contributed by atoms with Gasteiger partial charge in [0, 0.05) is 12.5 Å². The molecule has 1 atom stereocenters. The molecule has 116 valence electrons. The zero-order chi connectivity index (χ0) is 15.7. The van der Waals surface area contributed by atoms with Crippen molar-refractivity contribution in [2.24, 2.45) is 0 Å². The van der Waals surface area contributed by atoms with Crippen molar-refractivity contribution in [2.45, 2.75) is 25.6 Å². The Morgan fingerprint density at radius 3 is 2.77 bits per heavy atom. The van der Waals surface area contributed by atoms with Crippen LogP contribution in [0.15, 0.2) is 34.9 Å². The summed E-state index contributed by atoms with van der Waals surface area (Å²) in [6.45, 7) is 1.88. The van der Waals surface area contributed by atoms with E-state index in [2.05, 4.69) is 20.6 Å². The summed E-state index contributed by atoms with van der Waals surface area (Å²) in [5.74, 6) is -0.0666. The molecule has 3 aromatic heterocycles. The third-order valence-electron chi connectivity index (χ3n) is 3.00. The molecular weight excluding hydrogens is 299 g/mol. The average molecular weight is 311 g/mol. The van der Waals surface area contributed by atoms with E-state index in [1.54, 1.807) is 18.4 Å². The maximum absolute atomic E-state index is 12.8. The first-order valence-corrected chi connectivity index (χ1v) is 6.52. The summed E-state index contributed by atoms with van der Waals surface area (Å²) in [5.41, 5.74) is 0.0385. The number of anilines is 1. The fourth-order valence-electron chi connectivity index (χ4n) is 2.08. The van der Waals surface area contributed by atoms with Gasteiger partial charge in [-0.1, -0.05) is 0 Å². The van der Waals surface area contributed by atoms with Gasteiger partial charge in [0.2, 0.25) is 0 Å². The monoisotopic (exact) mass is 311 g/mol. The molecular formula is C13H12F3N5O. The Morgan fingerprint density at radius 1 is 1.27 bits per heavy atom. The molecule has 0 aliphatic carbocycles. The minimum atomic E-state index is -4.61. The minimum Gasteiger partial charge on any atom is -0.469 e. The molecule has 0 aliphatic rings. The van der Waals surface area contributed by atoms with Crippen LogP contribution >= 0.6 is 0 Å². The lowest BCUT2D eigenvalue weighted by Crippen LogP contribution is -2.20. The lowest BCUT2D eigenvalue weighted by Gasteiger charge is -2.13. The van der Waals surface area contributed by atoms with Crippen molar-refractivity contribution >= 4 is 11.5 Å². The molecule has 1 unspecified atom stereocenters. The van der Waals surface area contributed by atoms with Gasteiger partial charge in [-0.05, 0) is 31.2 Å². The number of nitrogens with zero attached hydrogens (tertiary/aromatic N) is 4. The summed E-state index contributed by atoms with van der Waals surface area (Å²) in [7, 11) is 0.